The van der Waals surface area contributed by atoms with E-state index in [2.05, 4.69) is 18.9 Å². The van der Waals surface area contributed by atoms with Crippen LogP contribution in [0.4, 0.5) is 0 Å². The van der Waals surface area contributed by atoms with Crippen LogP contribution in [0.15, 0.2) is 12.2 Å². The molecule has 0 spiro atoms. The molecule has 0 atom stereocenters. The van der Waals surface area contributed by atoms with E-state index in [0.29, 0.717) is 5.57 Å². The fourth-order valence-electron chi connectivity index (χ4n) is 0.862. The molecule has 0 aliphatic carbocycles. The van der Waals surface area contributed by atoms with Gasteiger partial charge in [-0.05, 0) is 13.3 Å². The van der Waals surface area contributed by atoms with E-state index in [1.54, 1.807) is 19.0 Å². The van der Waals surface area contributed by atoms with Gasteiger partial charge in [-0.2, -0.15) is 0 Å². The topological polar surface area (TPSA) is 32.3 Å². The summed E-state index contributed by atoms with van der Waals surface area (Å²) in [7, 11) is 1.75. The monoisotopic (exact) mass is 170 g/mol. The third-order valence-corrected chi connectivity index (χ3v) is 1.62. The maximum absolute atomic E-state index is 11.3. The van der Waals surface area contributed by atoms with Gasteiger partial charge in [-0.1, -0.05) is 19.9 Å². The van der Waals surface area contributed by atoms with E-state index in [0.717, 1.165) is 19.4 Å². The molecule has 12 heavy (non-hydrogen) atoms. The van der Waals surface area contributed by atoms with Crippen molar-refractivity contribution in [2.24, 2.45) is 0 Å². The summed E-state index contributed by atoms with van der Waals surface area (Å²) in [4.78, 5) is 11.3. The molecule has 0 aromatic rings. The van der Waals surface area contributed by atoms with E-state index in [4.69, 9.17) is 0 Å². The zero-order valence-corrected chi connectivity index (χ0v) is 8.18. The minimum absolute atomic E-state index is 0.0223. The van der Waals surface area contributed by atoms with Gasteiger partial charge in [-0.15, -0.1) is 0 Å². The Balaban J connectivity index is 3.96. The predicted molar refractivity (Wildman–Crippen MR) is 50.5 cm³/mol. The number of amides is 1. The summed E-state index contributed by atoms with van der Waals surface area (Å²) in [6, 6.07) is 0. The van der Waals surface area contributed by atoms with Crippen LogP contribution >= 0.6 is 0 Å². The standard InChI is InChI=1S/C9H18N2O/c1-5-6-7-11(10-4)9(12)8(2)3/h10H,2,5-7H2,1,3-4H3. The van der Waals surface area contributed by atoms with Gasteiger partial charge < -0.3 is 0 Å². The number of nitrogens with one attached hydrogen (secondary N) is 1. The molecule has 0 aliphatic heterocycles. The van der Waals surface area contributed by atoms with E-state index in [1.807, 2.05) is 0 Å². The molecule has 0 bridgehead atoms. The molecule has 1 amide bonds. The van der Waals surface area contributed by atoms with Gasteiger partial charge >= 0.3 is 0 Å². The van der Waals surface area contributed by atoms with Crippen LogP contribution in [-0.4, -0.2) is 24.5 Å². The number of hydrazine groups is 1. The highest BCUT2D eigenvalue weighted by molar-refractivity contribution is 5.91. The lowest BCUT2D eigenvalue weighted by Crippen LogP contribution is -2.41. The number of hydrogen-bond acceptors (Lipinski definition) is 2. The Morgan fingerprint density at radius 2 is 2.17 bits per heavy atom. The highest BCUT2D eigenvalue weighted by Gasteiger charge is 2.10. The zero-order valence-electron chi connectivity index (χ0n) is 8.18. The van der Waals surface area contributed by atoms with Gasteiger partial charge in [-0.3, -0.25) is 9.80 Å². The van der Waals surface area contributed by atoms with Crippen LogP contribution in [0.2, 0.25) is 0 Å². The quantitative estimate of drug-likeness (QED) is 0.498. The van der Waals surface area contributed by atoms with Gasteiger partial charge in [0.05, 0.1) is 0 Å². The van der Waals surface area contributed by atoms with Gasteiger partial charge in [-0.25, -0.2) is 5.43 Å². The Bertz CT molecular complexity index is 166. The van der Waals surface area contributed by atoms with Gasteiger partial charge in [0.1, 0.15) is 0 Å². The fourth-order valence-corrected chi connectivity index (χ4v) is 0.862. The molecule has 0 unspecified atom stereocenters. The van der Waals surface area contributed by atoms with E-state index in [1.165, 1.54) is 0 Å². The first-order valence-corrected chi connectivity index (χ1v) is 4.28. The third-order valence-electron chi connectivity index (χ3n) is 1.62. The van der Waals surface area contributed by atoms with Crippen LogP contribution in [0.1, 0.15) is 26.7 Å². The number of unbranched alkanes of at least 4 members (excludes halogenated alkanes) is 1. The number of hydrogen-bond donors (Lipinski definition) is 1. The molecule has 0 radical (unpaired) electrons. The summed E-state index contributed by atoms with van der Waals surface area (Å²) >= 11 is 0. The lowest BCUT2D eigenvalue weighted by atomic mass is 10.3. The Kier molecular flexibility index (Phi) is 5.37. The minimum atomic E-state index is -0.0223. The second-order valence-electron chi connectivity index (χ2n) is 2.81. The molecular weight excluding hydrogens is 152 g/mol. The Morgan fingerprint density at radius 3 is 2.50 bits per heavy atom. The Hall–Kier alpha value is -0.830. The van der Waals surface area contributed by atoms with Crippen LogP contribution in [0.5, 0.6) is 0 Å². The minimum Gasteiger partial charge on any atom is -0.275 e. The lowest BCUT2D eigenvalue weighted by molar-refractivity contribution is -0.129. The SMILES string of the molecule is C=C(C)C(=O)N(CCCC)NC. The van der Waals surface area contributed by atoms with Crippen LogP contribution < -0.4 is 5.43 Å². The van der Waals surface area contributed by atoms with Crippen LogP contribution in [-0.2, 0) is 4.79 Å². The van der Waals surface area contributed by atoms with Crippen molar-refractivity contribution >= 4 is 5.91 Å². The van der Waals surface area contributed by atoms with Crippen LogP contribution in [0.25, 0.3) is 0 Å². The summed E-state index contributed by atoms with van der Waals surface area (Å²) in [5.74, 6) is -0.0223. The van der Waals surface area contributed by atoms with Crippen LogP contribution in [0.3, 0.4) is 0 Å². The largest absolute Gasteiger partial charge is 0.275 e. The summed E-state index contributed by atoms with van der Waals surface area (Å²) in [5, 5.41) is 1.59. The van der Waals surface area contributed by atoms with Gasteiger partial charge in [0.2, 0.25) is 0 Å². The molecule has 0 saturated carbocycles. The van der Waals surface area contributed by atoms with Gasteiger partial charge in [0.25, 0.3) is 5.91 Å². The molecule has 0 aromatic heterocycles. The maximum atomic E-state index is 11.3. The number of carbonyl (C=O) groups is 1. The van der Waals surface area contributed by atoms with E-state index >= 15 is 0 Å². The van der Waals surface area contributed by atoms with Crippen molar-refractivity contribution in [1.82, 2.24) is 10.4 Å². The highest BCUT2D eigenvalue weighted by atomic mass is 16.2. The van der Waals surface area contributed by atoms with Crippen molar-refractivity contribution in [3.63, 3.8) is 0 Å². The Morgan fingerprint density at radius 1 is 1.58 bits per heavy atom. The Labute approximate surface area is 74.4 Å². The third kappa shape index (κ3) is 3.53. The lowest BCUT2D eigenvalue weighted by Gasteiger charge is -2.20. The fraction of sp³-hybridized carbons (Fsp3) is 0.667. The molecule has 0 aromatic carbocycles. The molecule has 0 saturated heterocycles. The average molecular weight is 170 g/mol. The number of carbonyl (C=O) groups excluding carboxylic acids is 1. The van der Waals surface area contributed by atoms with Crippen molar-refractivity contribution < 1.29 is 4.79 Å². The van der Waals surface area contributed by atoms with Crippen molar-refractivity contribution in [2.45, 2.75) is 26.7 Å². The predicted octanol–water partition coefficient (Wildman–Crippen LogP) is 1.33. The second kappa shape index (κ2) is 5.77. The second-order valence-corrected chi connectivity index (χ2v) is 2.81. The van der Waals surface area contributed by atoms with Crippen LogP contribution in [0, 0.1) is 0 Å². The molecule has 70 valence electrons. The first kappa shape index (κ1) is 11.2. The van der Waals surface area contributed by atoms with Crippen molar-refractivity contribution in [3.05, 3.63) is 12.2 Å². The van der Waals surface area contributed by atoms with Crippen molar-refractivity contribution in [1.29, 1.82) is 0 Å². The van der Waals surface area contributed by atoms with Crippen molar-refractivity contribution in [2.75, 3.05) is 13.6 Å². The molecule has 0 heterocycles. The first-order chi connectivity index (χ1) is 5.63. The maximum Gasteiger partial charge on any atom is 0.262 e. The molecule has 0 rings (SSSR count). The smallest absolute Gasteiger partial charge is 0.262 e. The summed E-state index contributed by atoms with van der Waals surface area (Å²) in [6.45, 7) is 8.17. The average Bonchev–Trinajstić information content (AvgIpc) is 2.05. The zero-order chi connectivity index (χ0) is 9.56. The number of nitrogens with zero attached hydrogens (tertiary/aromatic N) is 1. The molecule has 3 nitrogen and oxygen atoms in total. The van der Waals surface area contributed by atoms with E-state index in [-0.39, 0.29) is 5.91 Å². The first-order valence-electron chi connectivity index (χ1n) is 4.28. The van der Waals surface area contributed by atoms with Gasteiger partial charge in [0.15, 0.2) is 0 Å². The summed E-state index contributed by atoms with van der Waals surface area (Å²) in [6.07, 6.45) is 2.10. The molecule has 1 N–H and O–H groups in total. The van der Waals surface area contributed by atoms with Gasteiger partial charge in [0, 0.05) is 19.2 Å². The molecule has 0 aliphatic rings. The highest BCUT2D eigenvalue weighted by Crippen LogP contribution is 1.97. The molecular formula is C9H18N2O. The summed E-state index contributed by atoms with van der Waals surface area (Å²) in [5.41, 5.74) is 3.41. The normalized spacial score (nSPS) is 9.58. The van der Waals surface area contributed by atoms with E-state index in [9.17, 15) is 4.79 Å². The number of rotatable bonds is 5. The van der Waals surface area contributed by atoms with Crippen molar-refractivity contribution in [3.8, 4) is 0 Å². The van der Waals surface area contributed by atoms with E-state index < -0.39 is 0 Å². The summed E-state index contributed by atoms with van der Waals surface area (Å²) < 4.78 is 0. The molecule has 0 fully saturated rings. The molecule has 3 heteroatoms.